The maximum atomic E-state index is 14.7. The summed E-state index contributed by atoms with van der Waals surface area (Å²) < 4.78 is 66.6. The number of pyridine rings is 2. The van der Waals surface area contributed by atoms with Crippen molar-refractivity contribution in [1.29, 1.82) is 0 Å². The molecule has 3 heterocycles. The van der Waals surface area contributed by atoms with E-state index in [1.807, 2.05) is 0 Å². The summed E-state index contributed by atoms with van der Waals surface area (Å²) in [6.07, 6.45) is -0.355. The highest BCUT2D eigenvalue weighted by Crippen LogP contribution is 2.30. The standard InChI is InChI=1S/C25H16F2N4O3.C2HF3O2/c26-16-4-6-17(7-5-16)31-13-1-2-20(25(31)33)30-24(32)15-3-8-22(19(27)14-15)34-21-10-12-29-23-18(21)9-11-28-23;3-2(4,5)1(6)7/h1-14H,(H,28,29)(H,30,32);(H,6,7). The Bertz CT molecular complexity index is 1780. The number of hydrogen-bond donors (Lipinski definition) is 3. The predicted molar refractivity (Wildman–Crippen MR) is 136 cm³/mol. The second-order valence-corrected chi connectivity index (χ2v) is 8.13. The van der Waals surface area contributed by atoms with Crippen LogP contribution in [0.1, 0.15) is 10.4 Å². The number of H-pyrrole nitrogens is 1. The number of aromatic nitrogens is 3. The number of hydrogen-bond acceptors (Lipinski definition) is 5. The predicted octanol–water partition coefficient (Wildman–Crippen LogP) is 5.67. The summed E-state index contributed by atoms with van der Waals surface area (Å²) >= 11 is 0. The van der Waals surface area contributed by atoms with Crippen LogP contribution in [-0.2, 0) is 4.79 Å². The molecule has 0 spiro atoms. The van der Waals surface area contributed by atoms with E-state index in [0.717, 1.165) is 6.07 Å². The molecule has 3 aromatic heterocycles. The van der Waals surface area contributed by atoms with Gasteiger partial charge in [0.25, 0.3) is 11.5 Å². The molecule has 41 heavy (non-hydrogen) atoms. The van der Waals surface area contributed by atoms with Crippen molar-refractivity contribution in [2.75, 3.05) is 5.32 Å². The number of halogens is 5. The smallest absolute Gasteiger partial charge is 0.475 e. The highest BCUT2D eigenvalue weighted by Gasteiger charge is 2.38. The molecule has 5 aromatic rings. The number of ether oxygens (including phenoxy) is 1. The van der Waals surface area contributed by atoms with Crippen LogP contribution in [0.15, 0.2) is 90.1 Å². The number of benzene rings is 2. The van der Waals surface area contributed by atoms with Crippen molar-refractivity contribution in [3.05, 3.63) is 113 Å². The number of aromatic amines is 1. The van der Waals surface area contributed by atoms with Gasteiger partial charge in [-0.25, -0.2) is 18.6 Å². The van der Waals surface area contributed by atoms with E-state index in [-0.39, 0.29) is 17.0 Å². The Morgan fingerprint density at radius 3 is 2.34 bits per heavy atom. The van der Waals surface area contributed by atoms with Crippen molar-refractivity contribution in [1.82, 2.24) is 14.5 Å². The van der Waals surface area contributed by atoms with Crippen molar-refractivity contribution in [2.24, 2.45) is 0 Å². The summed E-state index contributed by atoms with van der Waals surface area (Å²) in [5.74, 6) is -4.26. The number of rotatable bonds is 5. The highest BCUT2D eigenvalue weighted by molar-refractivity contribution is 6.04. The fraction of sp³-hybridized carbons (Fsp3) is 0.0370. The van der Waals surface area contributed by atoms with E-state index >= 15 is 0 Å². The summed E-state index contributed by atoms with van der Waals surface area (Å²) in [4.78, 5) is 41.5. The van der Waals surface area contributed by atoms with Crippen LogP contribution in [0.3, 0.4) is 0 Å². The number of alkyl halides is 3. The number of anilines is 1. The summed E-state index contributed by atoms with van der Waals surface area (Å²) in [5.41, 5.74) is 0.508. The number of carbonyl (C=O) groups excluding carboxylic acids is 1. The zero-order valence-electron chi connectivity index (χ0n) is 20.4. The molecule has 0 radical (unpaired) electrons. The lowest BCUT2D eigenvalue weighted by molar-refractivity contribution is -0.192. The molecule has 0 saturated carbocycles. The maximum absolute atomic E-state index is 14.7. The van der Waals surface area contributed by atoms with E-state index in [2.05, 4.69) is 15.3 Å². The van der Waals surface area contributed by atoms with Gasteiger partial charge >= 0.3 is 12.1 Å². The number of carbonyl (C=O) groups is 2. The molecule has 14 heteroatoms. The minimum absolute atomic E-state index is 0.00274. The maximum Gasteiger partial charge on any atom is 0.490 e. The first-order valence-corrected chi connectivity index (χ1v) is 11.4. The Morgan fingerprint density at radius 2 is 1.68 bits per heavy atom. The largest absolute Gasteiger partial charge is 0.490 e. The quantitative estimate of drug-likeness (QED) is 0.233. The molecular weight excluding hydrogens is 555 g/mol. The van der Waals surface area contributed by atoms with Gasteiger partial charge in [-0.05, 0) is 66.7 Å². The lowest BCUT2D eigenvalue weighted by Crippen LogP contribution is -2.24. The first kappa shape index (κ1) is 28.5. The molecule has 0 bridgehead atoms. The van der Waals surface area contributed by atoms with E-state index in [9.17, 15) is 31.5 Å². The molecule has 210 valence electrons. The summed E-state index contributed by atoms with van der Waals surface area (Å²) in [6.45, 7) is 0. The van der Waals surface area contributed by atoms with Gasteiger partial charge in [0, 0.05) is 29.8 Å². The number of amides is 1. The molecule has 9 nitrogen and oxygen atoms in total. The zero-order chi connectivity index (χ0) is 29.7. The van der Waals surface area contributed by atoms with E-state index in [1.165, 1.54) is 59.4 Å². The van der Waals surface area contributed by atoms with Crippen LogP contribution in [0.4, 0.5) is 27.6 Å². The van der Waals surface area contributed by atoms with Crippen LogP contribution in [0, 0.1) is 11.6 Å². The van der Waals surface area contributed by atoms with Crippen LogP contribution in [0.5, 0.6) is 11.5 Å². The Labute approximate surface area is 226 Å². The van der Waals surface area contributed by atoms with Crippen molar-refractivity contribution >= 4 is 28.6 Å². The molecular formula is C27H17F5N4O5. The monoisotopic (exact) mass is 572 g/mol. The van der Waals surface area contributed by atoms with E-state index in [1.54, 1.807) is 24.4 Å². The Kier molecular flexibility index (Phi) is 8.12. The second kappa shape index (κ2) is 11.7. The number of carboxylic acid groups (broad SMARTS) is 1. The summed E-state index contributed by atoms with van der Waals surface area (Å²) in [7, 11) is 0. The van der Waals surface area contributed by atoms with Crippen LogP contribution >= 0.6 is 0 Å². The van der Waals surface area contributed by atoms with Crippen molar-refractivity contribution < 1.29 is 41.4 Å². The summed E-state index contributed by atoms with van der Waals surface area (Å²) in [5, 5.41) is 10.3. The highest BCUT2D eigenvalue weighted by atomic mass is 19.4. The molecule has 0 aliphatic heterocycles. The number of aliphatic carboxylic acids is 1. The fourth-order valence-corrected chi connectivity index (χ4v) is 3.46. The van der Waals surface area contributed by atoms with Crippen LogP contribution in [0.2, 0.25) is 0 Å². The van der Waals surface area contributed by atoms with Gasteiger partial charge in [0.2, 0.25) is 0 Å². The lowest BCUT2D eigenvalue weighted by Gasteiger charge is -2.11. The zero-order valence-corrected chi connectivity index (χ0v) is 20.4. The van der Waals surface area contributed by atoms with Gasteiger partial charge in [-0.3, -0.25) is 14.2 Å². The van der Waals surface area contributed by atoms with E-state index in [0.29, 0.717) is 22.5 Å². The topological polar surface area (TPSA) is 126 Å². The minimum Gasteiger partial charge on any atom is -0.475 e. The second-order valence-electron chi connectivity index (χ2n) is 8.13. The molecule has 2 aromatic carbocycles. The molecule has 0 fully saturated rings. The first-order valence-electron chi connectivity index (χ1n) is 11.4. The summed E-state index contributed by atoms with van der Waals surface area (Å²) in [6, 6.07) is 15.5. The third kappa shape index (κ3) is 6.73. The third-order valence-electron chi connectivity index (χ3n) is 5.38. The van der Waals surface area contributed by atoms with Crippen molar-refractivity contribution in [3.8, 4) is 17.2 Å². The molecule has 1 amide bonds. The molecule has 0 saturated heterocycles. The van der Waals surface area contributed by atoms with E-state index in [4.69, 9.17) is 14.6 Å². The van der Waals surface area contributed by atoms with Gasteiger partial charge in [0.1, 0.15) is 22.9 Å². The van der Waals surface area contributed by atoms with Crippen molar-refractivity contribution in [3.63, 3.8) is 0 Å². The Balaban J connectivity index is 0.000000493. The number of carboxylic acids is 1. The molecule has 0 aliphatic rings. The number of nitrogens with one attached hydrogen (secondary N) is 2. The third-order valence-corrected chi connectivity index (χ3v) is 5.38. The Hall–Kier alpha value is -5.53. The average Bonchev–Trinajstić information content (AvgIpc) is 3.41. The van der Waals surface area contributed by atoms with Crippen molar-refractivity contribution in [2.45, 2.75) is 6.18 Å². The molecule has 0 aliphatic carbocycles. The normalized spacial score (nSPS) is 11.0. The van der Waals surface area contributed by atoms with Gasteiger partial charge in [-0.15, -0.1) is 0 Å². The van der Waals surface area contributed by atoms with Gasteiger partial charge < -0.3 is 20.1 Å². The average molecular weight is 572 g/mol. The minimum atomic E-state index is -5.08. The molecule has 3 N–H and O–H groups in total. The van der Waals surface area contributed by atoms with Gasteiger partial charge in [0.15, 0.2) is 11.6 Å². The van der Waals surface area contributed by atoms with Gasteiger partial charge in [-0.1, -0.05) is 0 Å². The Morgan fingerprint density at radius 1 is 0.976 bits per heavy atom. The van der Waals surface area contributed by atoms with E-state index < -0.39 is 35.2 Å². The molecule has 0 atom stereocenters. The van der Waals surface area contributed by atoms with Crippen LogP contribution < -0.4 is 15.6 Å². The van der Waals surface area contributed by atoms with Gasteiger partial charge in [-0.2, -0.15) is 13.2 Å². The first-order chi connectivity index (χ1) is 19.4. The lowest BCUT2D eigenvalue weighted by atomic mass is 10.2. The van der Waals surface area contributed by atoms with Crippen LogP contribution in [0.25, 0.3) is 16.7 Å². The van der Waals surface area contributed by atoms with Crippen LogP contribution in [-0.4, -0.2) is 37.7 Å². The van der Waals surface area contributed by atoms with Gasteiger partial charge in [0.05, 0.1) is 5.39 Å². The fourth-order valence-electron chi connectivity index (χ4n) is 3.46. The number of nitrogens with zero attached hydrogens (tertiary/aromatic N) is 2. The number of fused-ring (bicyclic) bond motifs is 1. The SMILES string of the molecule is O=C(Nc1cccn(-c2ccc(F)cc2)c1=O)c1ccc(Oc2ccnc3[nH]ccc23)c(F)c1.O=C(O)C(F)(F)F. The molecule has 0 unspecified atom stereocenters. The molecule has 5 rings (SSSR count).